The SMILES string of the molecule is CCOc1cccc(CC(N)c2ccc(C)cc2)c1. The molecule has 100 valence electrons. The van der Waals surface area contributed by atoms with Crippen molar-refractivity contribution in [1.29, 1.82) is 0 Å². The molecular weight excluding hydrogens is 234 g/mol. The Morgan fingerprint density at radius 2 is 1.84 bits per heavy atom. The van der Waals surface area contributed by atoms with Gasteiger partial charge in [0.15, 0.2) is 0 Å². The minimum Gasteiger partial charge on any atom is -0.494 e. The van der Waals surface area contributed by atoms with E-state index in [-0.39, 0.29) is 6.04 Å². The molecule has 0 saturated heterocycles. The molecule has 2 aromatic rings. The molecule has 0 spiro atoms. The average Bonchev–Trinajstić information content (AvgIpc) is 2.40. The van der Waals surface area contributed by atoms with Crippen LogP contribution in [0.4, 0.5) is 0 Å². The van der Waals surface area contributed by atoms with Gasteiger partial charge in [-0.3, -0.25) is 0 Å². The van der Waals surface area contributed by atoms with E-state index >= 15 is 0 Å². The van der Waals surface area contributed by atoms with Gasteiger partial charge in [0.1, 0.15) is 5.75 Å². The van der Waals surface area contributed by atoms with Gasteiger partial charge >= 0.3 is 0 Å². The monoisotopic (exact) mass is 255 g/mol. The van der Waals surface area contributed by atoms with Crippen LogP contribution in [0.2, 0.25) is 0 Å². The van der Waals surface area contributed by atoms with Crippen LogP contribution in [-0.2, 0) is 6.42 Å². The fourth-order valence-corrected chi connectivity index (χ4v) is 2.11. The second kappa shape index (κ2) is 6.39. The lowest BCUT2D eigenvalue weighted by molar-refractivity contribution is 0.340. The normalized spacial score (nSPS) is 12.2. The van der Waals surface area contributed by atoms with Gasteiger partial charge in [-0.15, -0.1) is 0 Å². The quantitative estimate of drug-likeness (QED) is 0.885. The third-order valence-corrected chi connectivity index (χ3v) is 3.17. The number of nitrogens with two attached hydrogens (primary N) is 1. The van der Waals surface area contributed by atoms with Gasteiger partial charge < -0.3 is 10.5 Å². The number of hydrogen-bond acceptors (Lipinski definition) is 2. The van der Waals surface area contributed by atoms with E-state index < -0.39 is 0 Å². The summed E-state index contributed by atoms with van der Waals surface area (Å²) in [5, 5.41) is 0. The molecule has 1 atom stereocenters. The Morgan fingerprint density at radius 3 is 2.53 bits per heavy atom. The molecule has 0 aromatic heterocycles. The summed E-state index contributed by atoms with van der Waals surface area (Å²) in [6, 6.07) is 16.6. The van der Waals surface area contributed by atoms with E-state index in [4.69, 9.17) is 10.5 Å². The van der Waals surface area contributed by atoms with Crippen molar-refractivity contribution < 1.29 is 4.74 Å². The van der Waals surface area contributed by atoms with Crippen LogP contribution >= 0.6 is 0 Å². The fraction of sp³-hybridized carbons (Fsp3) is 0.294. The Hall–Kier alpha value is -1.80. The van der Waals surface area contributed by atoms with Gasteiger partial charge in [-0.2, -0.15) is 0 Å². The standard InChI is InChI=1S/C17H21NO/c1-3-19-16-6-4-5-14(11-16)12-17(18)15-9-7-13(2)8-10-15/h4-11,17H,3,12,18H2,1-2H3. The number of aryl methyl sites for hydroxylation is 1. The first kappa shape index (κ1) is 13.6. The molecule has 0 aliphatic heterocycles. The Morgan fingerprint density at radius 1 is 1.11 bits per heavy atom. The highest BCUT2D eigenvalue weighted by atomic mass is 16.5. The molecular formula is C17H21NO. The van der Waals surface area contributed by atoms with Crippen LogP contribution in [-0.4, -0.2) is 6.61 Å². The summed E-state index contributed by atoms with van der Waals surface area (Å²) in [5.74, 6) is 0.913. The minimum absolute atomic E-state index is 0.0254. The average molecular weight is 255 g/mol. The van der Waals surface area contributed by atoms with Gasteiger partial charge in [0.05, 0.1) is 6.61 Å². The second-order valence-electron chi connectivity index (χ2n) is 4.80. The van der Waals surface area contributed by atoms with Crippen molar-refractivity contribution in [3.05, 3.63) is 65.2 Å². The van der Waals surface area contributed by atoms with E-state index in [0.29, 0.717) is 6.61 Å². The molecule has 2 aromatic carbocycles. The Kier molecular flexibility index (Phi) is 4.58. The third kappa shape index (κ3) is 3.83. The molecule has 0 heterocycles. The van der Waals surface area contributed by atoms with E-state index in [1.54, 1.807) is 0 Å². The zero-order chi connectivity index (χ0) is 13.7. The number of ether oxygens (including phenoxy) is 1. The number of benzene rings is 2. The van der Waals surface area contributed by atoms with Crippen molar-refractivity contribution in [1.82, 2.24) is 0 Å². The summed E-state index contributed by atoms with van der Waals surface area (Å²) in [6.45, 7) is 4.76. The predicted octanol–water partition coefficient (Wildman–Crippen LogP) is 3.64. The van der Waals surface area contributed by atoms with Crippen molar-refractivity contribution >= 4 is 0 Å². The summed E-state index contributed by atoms with van der Waals surface area (Å²) in [5.41, 5.74) is 9.90. The molecule has 0 fully saturated rings. The van der Waals surface area contributed by atoms with Crippen molar-refractivity contribution in [2.45, 2.75) is 26.3 Å². The molecule has 0 amide bonds. The van der Waals surface area contributed by atoms with Crippen molar-refractivity contribution in [3.8, 4) is 5.75 Å². The summed E-state index contributed by atoms with van der Waals surface area (Å²) in [7, 11) is 0. The maximum atomic E-state index is 6.26. The molecule has 2 nitrogen and oxygen atoms in total. The van der Waals surface area contributed by atoms with Gasteiger partial charge in [0.2, 0.25) is 0 Å². The van der Waals surface area contributed by atoms with Crippen molar-refractivity contribution in [2.75, 3.05) is 6.61 Å². The first-order chi connectivity index (χ1) is 9.19. The van der Waals surface area contributed by atoms with Crippen molar-refractivity contribution in [2.24, 2.45) is 5.73 Å². The smallest absolute Gasteiger partial charge is 0.119 e. The first-order valence-corrected chi connectivity index (χ1v) is 6.73. The van der Waals surface area contributed by atoms with E-state index in [1.807, 2.05) is 19.1 Å². The molecule has 0 radical (unpaired) electrons. The van der Waals surface area contributed by atoms with Crippen molar-refractivity contribution in [3.63, 3.8) is 0 Å². The molecule has 0 saturated carbocycles. The van der Waals surface area contributed by atoms with Crippen LogP contribution in [0.3, 0.4) is 0 Å². The van der Waals surface area contributed by atoms with E-state index in [0.717, 1.165) is 12.2 Å². The molecule has 1 unspecified atom stereocenters. The Labute approximate surface area is 115 Å². The highest BCUT2D eigenvalue weighted by molar-refractivity contribution is 5.31. The zero-order valence-corrected chi connectivity index (χ0v) is 11.6. The minimum atomic E-state index is 0.0254. The fourth-order valence-electron chi connectivity index (χ4n) is 2.11. The van der Waals surface area contributed by atoms with E-state index in [2.05, 4.69) is 43.3 Å². The second-order valence-corrected chi connectivity index (χ2v) is 4.80. The summed E-state index contributed by atoms with van der Waals surface area (Å²) >= 11 is 0. The maximum Gasteiger partial charge on any atom is 0.119 e. The molecule has 2 heteroatoms. The largest absolute Gasteiger partial charge is 0.494 e. The lowest BCUT2D eigenvalue weighted by atomic mass is 9.99. The lowest BCUT2D eigenvalue weighted by Crippen LogP contribution is -2.13. The van der Waals surface area contributed by atoms with Crippen LogP contribution in [0.5, 0.6) is 5.75 Å². The molecule has 0 bridgehead atoms. The predicted molar refractivity (Wildman–Crippen MR) is 79.4 cm³/mol. The Bertz CT molecular complexity index is 519. The van der Waals surface area contributed by atoms with Crippen LogP contribution in [0.15, 0.2) is 48.5 Å². The lowest BCUT2D eigenvalue weighted by Gasteiger charge is -2.13. The number of hydrogen-bond donors (Lipinski definition) is 1. The summed E-state index contributed by atoms with van der Waals surface area (Å²) in [6.07, 6.45) is 0.823. The van der Waals surface area contributed by atoms with Gasteiger partial charge in [0.25, 0.3) is 0 Å². The third-order valence-electron chi connectivity index (χ3n) is 3.17. The molecule has 19 heavy (non-hydrogen) atoms. The van der Waals surface area contributed by atoms with Crippen LogP contribution in [0.1, 0.15) is 29.7 Å². The van der Waals surface area contributed by atoms with Gasteiger partial charge in [-0.05, 0) is 43.5 Å². The number of rotatable bonds is 5. The highest BCUT2D eigenvalue weighted by Crippen LogP contribution is 2.20. The van der Waals surface area contributed by atoms with Gasteiger partial charge in [-0.25, -0.2) is 0 Å². The molecule has 0 aliphatic carbocycles. The van der Waals surface area contributed by atoms with E-state index in [9.17, 15) is 0 Å². The maximum absolute atomic E-state index is 6.26. The van der Waals surface area contributed by atoms with Gasteiger partial charge in [0, 0.05) is 6.04 Å². The molecule has 2 rings (SSSR count). The summed E-state index contributed by atoms with van der Waals surface area (Å²) in [4.78, 5) is 0. The van der Waals surface area contributed by atoms with Crippen LogP contribution in [0, 0.1) is 6.92 Å². The molecule has 0 aliphatic rings. The molecule has 2 N–H and O–H groups in total. The topological polar surface area (TPSA) is 35.2 Å². The Balaban J connectivity index is 2.07. The summed E-state index contributed by atoms with van der Waals surface area (Å²) < 4.78 is 5.51. The van der Waals surface area contributed by atoms with E-state index in [1.165, 1.54) is 16.7 Å². The van der Waals surface area contributed by atoms with Gasteiger partial charge in [-0.1, -0.05) is 42.0 Å². The highest BCUT2D eigenvalue weighted by Gasteiger charge is 2.07. The van der Waals surface area contributed by atoms with Crippen LogP contribution < -0.4 is 10.5 Å². The first-order valence-electron chi connectivity index (χ1n) is 6.73. The zero-order valence-electron chi connectivity index (χ0n) is 11.6. The van der Waals surface area contributed by atoms with Crippen LogP contribution in [0.25, 0.3) is 0 Å².